The number of hydrogen-bond donors (Lipinski definition) is 1. The van der Waals surface area contributed by atoms with Crippen molar-refractivity contribution < 1.29 is 4.42 Å². The topological polar surface area (TPSA) is 52.0 Å². The summed E-state index contributed by atoms with van der Waals surface area (Å²) in [5.41, 5.74) is 6.85. The van der Waals surface area contributed by atoms with Gasteiger partial charge < -0.3 is 10.2 Å². The van der Waals surface area contributed by atoms with Crippen LogP contribution in [-0.4, -0.2) is 4.98 Å². The number of halogens is 3. The zero-order valence-electron chi connectivity index (χ0n) is 6.47. The third-order valence-corrected chi connectivity index (χ3v) is 1.31. The Hall–Kier alpha value is -0.640. The van der Waals surface area contributed by atoms with Crippen LogP contribution >= 0.6 is 37.2 Å². The molecule has 3 nitrogen and oxygen atoms in total. The second-order valence-electron chi connectivity index (χ2n) is 2.02. The first kappa shape index (κ1) is 14.9. The van der Waals surface area contributed by atoms with Gasteiger partial charge in [-0.2, -0.15) is 4.98 Å². The number of nitrogens with two attached hydrogens (primary N) is 1. The number of benzene rings is 1. The van der Waals surface area contributed by atoms with E-state index < -0.39 is 0 Å². The predicted molar refractivity (Wildman–Crippen MR) is 60.2 cm³/mol. The van der Waals surface area contributed by atoms with Gasteiger partial charge in [0.1, 0.15) is 5.52 Å². The lowest BCUT2D eigenvalue weighted by Crippen LogP contribution is -1.80. The van der Waals surface area contributed by atoms with Gasteiger partial charge in [-0.3, -0.25) is 0 Å². The van der Waals surface area contributed by atoms with Gasteiger partial charge in [0.25, 0.3) is 6.01 Å². The van der Waals surface area contributed by atoms with E-state index in [4.69, 9.17) is 10.2 Å². The van der Waals surface area contributed by atoms with Crippen LogP contribution in [0.2, 0.25) is 0 Å². The Bertz CT molecular complexity index is 330. The Balaban J connectivity index is 0. The molecular weight excluding hydrogens is 234 g/mol. The van der Waals surface area contributed by atoms with Crippen LogP contribution in [0.4, 0.5) is 6.01 Å². The number of hydrogen-bond acceptors (Lipinski definition) is 3. The molecule has 0 spiro atoms. The lowest BCUT2D eigenvalue weighted by Gasteiger charge is -1.79. The van der Waals surface area contributed by atoms with Crippen molar-refractivity contribution in [3.05, 3.63) is 24.3 Å². The van der Waals surface area contributed by atoms with Crippen molar-refractivity contribution in [2.24, 2.45) is 0 Å². The normalized spacial score (nSPS) is 8.00. The SMILES string of the molecule is Cl.Cl.Cl.Nc1nc2ccccc2o1. The van der Waals surface area contributed by atoms with Crippen LogP contribution in [0.25, 0.3) is 11.1 Å². The van der Waals surface area contributed by atoms with Crippen molar-refractivity contribution in [2.45, 2.75) is 0 Å². The highest BCUT2D eigenvalue weighted by molar-refractivity contribution is 5.86. The minimum absolute atomic E-state index is 0. The summed E-state index contributed by atoms with van der Waals surface area (Å²) in [4.78, 5) is 3.92. The molecule has 0 aliphatic rings. The number of aromatic nitrogens is 1. The maximum absolute atomic E-state index is 5.31. The van der Waals surface area contributed by atoms with Crippen molar-refractivity contribution in [1.29, 1.82) is 0 Å². The van der Waals surface area contributed by atoms with Crippen LogP contribution in [-0.2, 0) is 0 Å². The number of nitrogens with zero attached hydrogens (tertiary/aromatic N) is 1. The van der Waals surface area contributed by atoms with E-state index in [1.54, 1.807) is 0 Å². The summed E-state index contributed by atoms with van der Waals surface area (Å²) in [5.74, 6) is 0. The molecule has 0 fully saturated rings. The maximum atomic E-state index is 5.31. The molecule has 0 radical (unpaired) electrons. The van der Waals surface area contributed by atoms with Crippen LogP contribution < -0.4 is 5.73 Å². The summed E-state index contributed by atoms with van der Waals surface area (Å²) in [5, 5.41) is 0. The standard InChI is InChI=1S/C7H6N2O.3ClH/c8-7-9-5-3-1-2-4-6(5)10-7;;;/h1-4H,(H2,8,9);3*1H. The van der Waals surface area contributed by atoms with E-state index in [0.717, 1.165) is 11.1 Å². The van der Waals surface area contributed by atoms with E-state index >= 15 is 0 Å². The number of nitrogen functional groups attached to an aromatic ring is 1. The van der Waals surface area contributed by atoms with Crippen LogP contribution in [0.5, 0.6) is 0 Å². The predicted octanol–water partition coefficient (Wildman–Crippen LogP) is 2.68. The zero-order chi connectivity index (χ0) is 6.97. The number of para-hydroxylation sites is 2. The summed E-state index contributed by atoms with van der Waals surface area (Å²) in [7, 11) is 0. The van der Waals surface area contributed by atoms with Crippen LogP contribution in [0.1, 0.15) is 0 Å². The fraction of sp³-hybridized carbons (Fsp3) is 0. The molecule has 0 saturated carbocycles. The van der Waals surface area contributed by atoms with Gasteiger partial charge in [-0.1, -0.05) is 12.1 Å². The van der Waals surface area contributed by atoms with Crippen molar-refractivity contribution in [3.63, 3.8) is 0 Å². The first-order chi connectivity index (χ1) is 4.86. The minimum Gasteiger partial charge on any atom is -0.424 e. The number of oxazole rings is 1. The Morgan fingerprint density at radius 2 is 1.69 bits per heavy atom. The number of rotatable bonds is 0. The van der Waals surface area contributed by atoms with E-state index in [1.807, 2.05) is 24.3 Å². The zero-order valence-corrected chi connectivity index (χ0v) is 8.92. The molecule has 0 unspecified atom stereocenters. The van der Waals surface area contributed by atoms with Crippen LogP contribution in [0, 0.1) is 0 Å². The fourth-order valence-electron chi connectivity index (χ4n) is 0.890. The first-order valence-electron chi connectivity index (χ1n) is 2.97. The van der Waals surface area contributed by atoms with Gasteiger partial charge in [-0.15, -0.1) is 37.2 Å². The van der Waals surface area contributed by atoms with Gasteiger partial charge in [-0.05, 0) is 12.1 Å². The van der Waals surface area contributed by atoms with Gasteiger partial charge in [0, 0.05) is 0 Å². The maximum Gasteiger partial charge on any atom is 0.292 e. The number of fused-ring (bicyclic) bond motifs is 1. The molecule has 0 aliphatic carbocycles. The largest absolute Gasteiger partial charge is 0.424 e. The van der Waals surface area contributed by atoms with Gasteiger partial charge in [0.05, 0.1) is 0 Å². The van der Waals surface area contributed by atoms with E-state index in [-0.39, 0.29) is 43.2 Å². The molecule has 74 valence electrons. The van der Waals surface area contributed by atoms with Crippen molar-refractivity contribution >= 4 is 54.3 Å². The summed E-state index contributed by atoms with van der Waals surface area (Å²) in [6, 6.07) is 7.69. The Morgan fingerprint density at radius 3 is 2.31 bits per heavy atom. The quantitative estimate of drug-likeness (QED) is 0.774. The van der Waals surface area contributed by atoms with Gasteiger partial charge >= 0.3 is 0 Å². The molecule has 6 heteroatoms. The summed E-state index contributed by atoms with van der Waals surface area (Å²) >= 11 is 0. The lowest BCUT2D eigenvalue weighted by atomic mass is 10.3. The first-order valence-corrected chi connectivity index (χ1v) is 2.97. The minimum atomic E-state index is 0. The Morgan fingerprint density at radius 1 is 1.08 bits per heavy atom. The molecular formula is C7H9Cl3N2O. The lowest BCUT2D eigenvalue weighted by molar-refractivity contribution is 0.626. The Kier molecular flexibility index (Phi) is 6.76. The molecule has 0 atom stereocenters. The molecule has 2 rings (SSSR count). The second kappa shape index (κ2) is 5.91. The molecule has 13 heavy (non-hydrogen) atoms. The molecule has 0 amide bonds. The second-order valence-corrected chi connectivity index (χ2v) is 2.02. The molecule has 2 N–H and O–H groups in total. The van der Waals surface area contributed by atoms with Crippen molar-refractivity contribution in [3.8, 4) is 0 Å². The highest BCUT2D eigenvalue weighted by atomic mass is 35.5. The van der Waals surface area contributed by atoms with E-state index in [1.165, 1.54) is 0 Å². The molecule has 1 heterocycles. The molecule has 0 saturated heterocycles. The molecule has 0 aliphatic heterocycles. The smallest absolute Gasteiger partial charge is 0.292 e. The van der Waals surface area contributed by atoms with E-state index in [2.05, 4.69) is 4.98 Å². The van der Waals surface area contributed by atoms with E-state index in [0.29, 0.717) is 0 Å². The third-order valence-electron chi connectivity index (χ3n) is 1.31. The van der Waals surface area contributed by atoms with Gasteiger partial charge in [0.15, 0.2) is 5.58 Å². The van der Waals surface area contributed by atoms with Gasteiger partial charge in [-0.25, -0.2) is 0 Å². The summed E-state index contributed by atoms with van der Waals surface area (Å²) < 4.78 is 5.03. The van der Waals surface area contributed by atoms with Gasteiger partial charge in [0.2, 0.25) is 0 Å². The average Bonchev–Trinajstić information content (AvgIpc) is 2.27. The third kappa shape index (κ3) is 2.95. The Labute approximate surface area is 93.9 Å². The van der Waals surface area contributed by atoms with Crippen LogP contribution in [0.3, 0.4) is 0 Å². The average molecular weight is 244 g/mol. The van der Waals surface area contributed by atoms with Crippen LogP contribution in [0.15, 0.2) is 28.7 Å². The van der Waals surface area contributed by atoms with Crippen molar-refractivity contribution in [1.82, 2.24) is 4.98 Å². The summed E-state index contributed by atoms with van der Waals surface area (Å²) in [6.45, 7) is 0. The number of anilines is 1. The van der Waals surface area contributed by atoms with Crippen molar-refractivity contribution in [2.75, 3.05) is 5.73 Å². The molecule has 2 aromatic rings. The monoisotopic (exact) mass is 242 g/mol. The molecule has 0 bridgehead atoms. The fourth-order valence-corrected chi connectivity index (χ4v) is 0.890. The summed E-state index contributed by atoms with van der Waals surface area (Å²) in [6.07, 6.45) is 0. The highest BCUT2D eigenvalue weighted by Crippen LogP contribution is 2.14. The van der Waals surface area contributed by atoms with E-state index in [9.17, 15) is 0 Å². The molecule has 1 aromatic heterocycles. The highest BCUT2D eigenvalue weighted by Gasteiger charge is 1.97. The molecule has 1 aromatic carbocycles.